The summed E-state index contributed by atoms with van der Waals surface area (Å²) in [7, 11) is 0. The summed E-state index contributed by atoms with van der Waals surface area (Å²) in [5, 5.41) is 3.26. The molecular formula is C24H24F4N4O2. The van der Waals surface area contributed by atoms with Crippen LogP contribution in [0.15, 0.2) is 30.8 Å². The monoisotopic (exact) mass is 476 g/mol. The van der Waals surface area contributed by atoms with Crippen molar-refractivity contribution in [3.05, 3.63) is 58.9 Å². The van der Waals surface area contributed by atoms with Crippen molar-refractivity contribution >= 4 is 29.0 Å². The number of ether oxygens (including phenoxy) is 1. The molecule has 180 valence electrons. The van der Waals surface area contributed by atoms with Gasteiger partial charge >= 0.3 is 12.1 Å². The Kier molecular flexibility index (Phi) is 6.35. The Morgan fingerprint density at radius 3 is 2.59 bits per heavy atom. The van der Waals surface area contributed by atoms with Gasteiger partial charge in [-0.15, -0.1) is 0 Å². The van der Waals surface area contributed by atoms with E-state index in [-0.39, 0.29) is 17.8 Å². The molecule has 1 aromatic heterocycles. The highest BCUT2D eigenvalue weighted by Gasteiger charge is 2.42. The normalized spacial score (nSPS) is 14.5. The summed E-state index contributed by atoms with van der Waals surface area (Å²) in [6.45, 7) is 9.95. The lowest BCUT2D eigenvalue weighted by atomic mass is 10.1. The molecule has 34 heavy (non-hydrogen) atoms. The van der Waals surface area contributed by atoms with Crippen molar-refractivity contribution in [1.29, 1.82) is 0 Å². The van der Waals surface area contributed by atoms with Gasteiger partial charge in [-0.3, -0.25) is 0 Å². The number of aromatic nitrogens is 2. The summed E-state index contributed by atoms with van der Waals surface area (Å²) in [6.07, 6.45) is -3.72. The summed E-state index contributed by atoms with van der Waals surface area (Å²) >= 11 is 0. The molecule has 0 aliphatic carbocycles. The van der Waals surface area contributed by atoms with Crippen LogP contribution in [0.5, 0.6) is 5.75 Å². The van der Waals surface area contributed by atoms with E-state index in [4.69, 9.17) is 4.74 Å². The van der Waals surface area contributed by atoms with Gasteiger partial charge in [-0.25, -0.2) is 14.2 Å². The van der Waals surface area contributed by atoms with Crippen LogP contribution < -0.4 is 15.0 Å². The first-order valence-corrected chi connectivity index (χ1v) is 10.8. The van der Waals surface area contributed by atoms with Crippen molar-refractivity contribution < 1.29 is 27.1 Å². The number of fused-ring (bicyclic) bond motifs is 1. The van der Waals surface area contributed by atoms with Crippen LogP contribution in [-0.2, 0) is 11.3 Å². The van der Waals surface area contributed by atoms with Crippen molar-refractivity contribution in [3.63, 3.8) is 0 Å². The molecule has 4 rings (SSSR count). The molecular weight excluding hydrogens is 452 g/mol. The Labute approximate surface area is 193 Å². The predicted octanol–water partition coefficient (Wildman–Crippen LogP) is 4.36. The molecule has 3 aromatic rings. The largest absolute Gasteiger partial charge is 0.491 e. The summed E-state index contributed by atoms with van der Waals surface area (Å²) in [4.78, 5) is 18.4. The molecule has 0 bridgehead atoms. The van der Waals surface area contributed by atoms with Crippen LogP contribution in [0.25, 0.3) is 17.1 Å². The SMILES string of the molecule is C=Cc1cc(Cn2c(N3CCNCC3)nc3c(OC(=O)C(F)(F)F)c(C)c(C)cc32)ccc1F. The molecule has 6 nitrogen and oxygen atoms in total. The van der Waals surface area contributed by atoms with Crippen molar-refractivity contribution in [2.45, 2.75) is 26.6 Å². The molecule has 2 heterocycles. The minimum atomic E-state index is -5.14. The van der Waals surface area contributed by atoms with E-state index in [9.17, 15) is 22.4 Å². The molecule has 0 amide bonds. The van der Waals surface area contributed by atoms with Crippen LogP contribution in [0.3, 0.4) is 0 Å². The van der Waals surface area contributed by atoms with E-state index in [1.165, 1.54) is 12.1 Å². The molecule has 10 heteroatoms. The van der Waals surface area contributed by atoms with E-state index in [0.29, 0.717) is 54.3 Å². The summed E-state index contributed by atoms with van der Waals surface area (Å²) in [6, 6.07) is 6.47. The van der Waals surface area contributed by atoms with Crippen molar-refractivity contribution in [3.8, 4) is 5.75 Å². The van der Waals surface area contributed by atoms with Crippen molar-refractivity contribution in [1.82, 2.24) is 14.9 Å². The second-order valence-corrected chi connectivity index (χ2v) is 8.20. The first-order chi connectivity index (χ1) is 16.1. The summed E-state index contributed by atoms with van der Waals surface area (Å²) in [5.74, 6) is -2.37. The number of hydrogen-bond donors (Lipinski definition) is 1. The average molecular weight is 476 g/mol. The fraction of sp³-hybridized carbons (Fsp3) is 0.333. The van der Waals surface area contributed by atoms with Gasteiger partial charge in [0.15, 0.2) is 5.75 Å². The van der Waals surface area contributed by atoms with Crippen LogP contribution in [0.1, 0.15) is 22.3 Å². The van der Waals surface area contributed by atoms with Crippen LogP contribution in [-0.4, -0.2) is 47.9 Å². The number of carbonyl (C=O) groups excluding carboxylic acids is 1. The second-order valence-electron chi connectivity index (χ2n) is 8.20. The number of piperazine rings is 1. The summed E-state index contributed by atoms with van der Waals surface area (Å²) < 4.78 is 59.6. The molecule has 1 aliphatic heterocycles. The number of anilines is 1. The number of hydrogen-bond acceptors (Lipinski definition) is 5. The Balaban J connectivity index is 1.90. The zero-order valence-corrected chi connectivity index (χ0v) is 18.8. The fourth-order valence-electron chi connectivity index (χ4n) is 4.00. The van der Waals surface area contributed by atoms with Gasteiger partial charge in [0, 0.05) is 31.7 Å². The lowest BCUT2D eigenvalue weighted by Gasteiger charge is -2.29. The number of imidazole rings is 1. The van der Waals surface area contributed by atoms with Gasteiger partial charge in [0.05, 0.1) is 12.1 Å². The minimum Gasteiger partial charge on any atom is -0.417 e. The zero-order chi connectivity index (χ0) is 24.6. The van der Waals surface area contributed by atoms with Gasteiger partial charge < -0.3 is 19.5 Å². The number of nitrogens with one attached hydrogen (secondary N) is 1. The van der Waals surface area contributed by atoms with E-state index >= 15 is 0 Å². The van der Waals surface area contributed by atoms with Gasteiger partial charge in [-0.1, -0.05) is 18.7 Å². The predicted molar refractivity (Wildman–Crippen MR) is 122 cm³/mol. The fourth-order valence-corrected chi connectivity index (χ4v) is 4.00. The molecule has 1 saturated heterocycles. The maximum atomic E-state index is 14.0. The molecule has 0 unspecified atom stereocenters. The molecule has 1 N–H and O–H groups in total. The van der Waals surface area contributed by atoms with Gasteiger partial charge in [0.1, 0.15) is 11.3 Å². The highest BCUT2D eigenvalue weighted by Crippen LogP contribution is 2.36. The maximum Gasteiger partial charge on any atom is 0.491 e. The number of esters is 1. The third-order valence-corrected chi connectivity index (χ3v) is 5.93. The lowest BCUT2D eigenvalue weighted by molar-refractivity contribution is -0.189. The van der Waals surface area contributed by atoms with Crippen LogP contribution in [0.4, 0.5) is 23.5 Å². The molecule has 0 radical (unpaired) electrons. The number of carbonyl (C=O) groups is 1. The van der Waals surface area contributed by atoms with Crippen LogP contribution >= 0.6 is 0 Å². The van der Waals surface area contributed by atoms with E-state index in [2.05, 4.69) is 16.9 Å². The van der Waals surface area contributed by atoms with E-state index in [0.717, 1.165) is 5.56 Å². The topological polar surface area (TPSA) is 59.4 Å². The molecule has 0 atom stereocenters. The standard InChI is InChI=1S/C24H24F4N4O2/c1-4-17-12-16(5-6-18(17)25)13-32-19-11-14(2)15(3)21(34-22(33)24(26,27)28)20(19)30-23(32)31-9-7-29-8-10-31/h4-6,11-12,29H,1,7-10,13H2,2-3H3. The first kappa shape index (κ1) is 23.7. The van der Waals surface area contributed by atoms with Crippen LogP contribution in [0, 0.1) is 19.7 Å². The van der Waals surface area contributed by atoms with Gasteiger partial charge in [0.25, 0.3) is 0 Å². The van der Waals surface area contributed by atoms with Crippen molar-refractivity contribution in [2.24, 2.45) is 0 Å². The Bertz CT molecular complexity index is 1260. The van der Waals surface area contributed by atoms with E-state index in [1.54, 1.807) is 26.0 Å². The van der Waals surface area contributed by atoms with E-state index in [1.807, 2.05) is 15.5 Å². The Hall–Kier alpha value is -3.40. The van der Waals surface area contributed by atoms with Gasteiger partial charge in [-0.2, -0.15) is 13.2 Å². The second kappa shape index (κ2) is 9.09. The zero-order valence-electron chi connectivity index (χ0n) is 18.8. The molecule has 1 aliphatic rings. The van der Waals surface area contributed by atoms with Crippen molar-refractivity contribution in [2.75, 3.05) is 31.1 Å². The summed E-state index contributed by atoms with van der Waals surface area (Å²) in [5.41, 5.74) is 2.84. The van der Waals surface area contributed by atoms with Gasteiger partial charge in [0.2, 0.25) is 5.95 Å². The first-order valence-electron chi connectivity index (χ1n) is 10.8. The average Bonchev–Trinajstić information content (AvgIpc) is 3.15. The molecule has 0 spiro atoms. The number of alkyl halides is 3. The maximum absolute atomic E-state index is 14.0. The lowest BCUT2D eigenvalue weighted by Crippen LogP contribution is -2.44. The van der Waals surface area contributed by atoms with Gasteiger partial charge in [-0.05, 0) is 48.7 Å². The van der Waals surface area contributed by atoms with E-state index < -0.39 is 18.0 Å². The quantitative estimate of drug-likeness (QED) is 0.337. The Morgan fingerprint density at radius 1 is 1.24 bits per heavy atom. The highest BCUT2D eigenvalue weighted by atomic mass is 19.4. The third kappa shape index (κ3) is 4.50. The third-order valence-electron chi connectivity index (χ3n) is 5.93. The number of aryl methyl sites for hydroxylation is 1. The molecule has 0 saturated carbocycles. The highest BCUT2D eigenvalue weighted by molar-refractivity contribution is 5.91. The van der Waals surface area contributed by atoms with Crippen LogP contribution in [0.2, 0.25) is 0 Å². The number of benzene rings is 2. The smallest absolute Gasteiger partial charge is 0.417 e. The molecule has 1 fully saturated rings. The number of nitrogens with zero attached hydrogens (tertiary/aromatic N) is 3. The molecule has 2 aromatic carbocycles. The minimum absolute atomic E-state index is 0.167. The Morgan fingerprint density at radius 2 is 1.94 bits per heavy atom. The number of halogens is 4. The number of rotatable bonds is 5.